The highest BCUT2D eigenvalue weighted by Gasteiger charge is 2.18. The van der Waals surface area contributed by atoms with Crippen molar-refractivity contribution >= 4 is 16.9 Å². The number of nitrogens with zero attached hydrogens (tertiary/aromatic N) is 3. The molecule has 1 N–H and O–H groups in total. The first-order valence-electron chi connectivity index (χ1n) is 12.0. The molecule has 5 heteroatoms. The van der Waals surface area contributed by atoms with E-state index in [4.69, 9.17) is 10.1 Å². The molecule has 2 heterocycles. The Morgan fingerprint density at radius 2 is 1.71 bits per heavy atom. The number of carbonyl (C=O) groups is 1. The van der Waals surface area contributed by atoms with Crippen LogP contribution in [-0.4, -0.2) is 27.2 Å². The molecule has 0 aliphatic carbocycles. The van der Waals surface area contributed by atoms with Crippen molar-refractivity contribution in [2.75, 3.05) is 6.54 Å². The normalized spacial score (nSPS) is 12.2. The first kappa shape index (κ1) is 23.7. The van der Waals surface area contributed by atoms with Gasteiger partial charge in [-0.1, -0.05) is 43.3 Å². The number of aromatic nitrogens is 3. The van der Waals surface area contributed by atoms with Gasteiger partial charge in [0, 0.05) is 24.0 Å². The summed E-state index contributed by atoms with van der Waals surface area (Å²) in [6.45, 7) is 13.2. The van der Waals surface area contributed by atoms with Gasteiger partial charge in [-0.3, -0.25) is 4.79 Å². The molecule has 0 unspecified atom stereocenters. The average Bonchev–Trinajstić information content (AvgIpc) is 3.15. The van der Waals surface area contributed by atoms with Crippen molar-refractivity contribution in [1.82, 2.24) is 20.1 Å². The first-order valence-corrected chi connectivity index (χ1v) is 12.0. The van der Waals surface area contributed by atoms with Gasteiger partial charge in [-0.15, -0.1) is 0 Å². The van der Waals surface area contributed by atoms with Crippen LogP contribution in [0.4, 0.5) is 0 Å². The molecule has 2 aromatic heterocycles. The minimum atomic E-state index is 0.0734. The maximum atomic E-state index is 12.6. The lowest BCUT2D eigenvalue weighted by atomic mass is 9.98. The Morgan fingerprint density at radius 3 is 2.41 bits per heavy atom. The number of nitrogens with one attached hydrogen (secondary N) is 1. The molecule has 0 bridgehead atoms. The molecule has 0 radical (unpaired) electrons. The zero-order chi connectivity index (χ0) is 24.4. The van der Waals surface area contributed by atoms with Crippen molar-refractivity contribution in [3.63, 3.8) is 0 Å². The lowest BCUT2D eigenvalue weighted by Gasteiger charge is -2.14. The Balaban J connectivity index is 1.52. The number of hydrogen-bond donors (Lipinski definition) is 1. The lowest BCUT2D eigenvalue weighted by Crippen LogP contribution is -2.27. The summed E-state index contributed by atoms with van der Waals surface area (Å²) in [5, 5.41) is 9.00. The van der Waals surface area contributed by atoms with Gasteiger partial charge in [0.15, 0.2) is 5.65 Å². The summed E-state index contributed by atoms with van der Waals surface area (Å²) in [6.07, 6.45) is 1.11. The molecule has 0 aliphatic heterocycles. The summed E-state index contributed by atoms with van der Waals surface area (Å²) < 4.78 is 1.94. The van der Waals surface area contributed by atoms with E-state index in [2.05, 4.69) is 63.3 Å². The quantitative estimate of drug-likeness (QED) is 0.383. The van der Waals surface area contributed by atoms with Gasteiger partial charge in [0.2, 0.25) is 5.91 Å². The van der Waals surface area contributed by atoms with Crippen LogP contribution in [0.2, 0.25) is 0 Å². The van der Waals surface area contributed by atoms with E-state index in [1.165, 1.54) is 22.3 Å². The molecule has 5 nitrogen and oxygen atoms in total. The minimum Gasteiger partial charge on any atom is -0.355 e. The Bertz CT molecular complexity index is 1340. The second-order valence-corrected chi connectivity index (χ2v) is 9.38. The van der Waals surface area contributed by atoms with Crippen molar-refractivity contribution < 1.29 is 4.79 Å². The van der Waals surface area contributed by atoms with Gasteiger partial charge in [-0.25, -0.2) is 9.67 Å². The van der Waals surface area contributed by atoms with Crippen LogP contribution in [-0.2, 0) is 11.2 Å². The van der Waals surface area contributed by atoms with Crippen LogP contribution in [0.1, 0.15) is 58.5 Å². The average molecular weight is 455 g/mol. The van der Waals surface area contributed by atoms with Gasteiger partial charge >= 0.3 is 0 Å². The van der Waals surface area contributed by atoms with E-state index in [0.717, 1.165) is 33.7 Å². The zero-order valence-electron chi connectivity index (χ0n) is 21.1. The number of hydrogen-bond acceptors (Lipinski definition) is 3. The van der Waals surface area contributed by atoms with Gasteiger partial charge in [0.25, 0.3) is 0 Å². The van der Waals surface area contributed by atoms with Crippen LogP contribution in [0.5, 0.6) is 0 Å². The van der Waals surface area contributed by atoms with E-state index in [1.807, 2.05) is 36.7 Å². The smallest absolute Gasteiger partial charge is 0.220 e. The predicted octanol–water partition coefficient (Wildman–Crippen LogP) is 5.82. The molecule has 0 fully saturated rings. The summed E-state index contributed by atoms with van der Waals surface area (Å²) in [6, 6.07) is 16.7. The second-order valence-electron chi connectivity index (χ2n) is 9.38. The van der Waals surface area contributed by atoms with Crippen LogP contribution in [0.15, 0.2) is 48.5 Å². The molecule has 0 spiro atoms. The van der Waals surface area contributed by atoms with E-state index in [0.29, 0.717) is 19.4 Å². The molecular weight excluding hydrogens is 420 g/mol. The fourth-order valence-electron chi connectivity index (χ4n) is 4.60. The van der Waals surface area contributed by atoms with Crippen molar-refractivity contribution in [3.05, 3.63) is 87.7 Å². The Labute approximate surface area is 202 Å². The van der Waals surface area contributed by atoms with E-state index in [9.17, 15) is 4.79 Å². The topological polar surface area (TPSA) is 59.8 Å². The predicted molar refractivity (Wildman–Crippen MR) is 139 cm³/mol. The SMILES string of the molecule is Cc1ccc(-n2nc(C)c3c(C)c(CCC(=O)NC[C@@H](C)c4ccccc4)c(C)nc32)cc1C. The van der Waals surface area contributed by atoms with Crippen molar-refractivity contribution in [1.29, 1.82) is 0 Å². The summed E-state index contributed by atoms with van der Waals surface area (Å²) in [4.78, 5) is 17.6. The highest BCUT2D eigenvalue weighted by molar-refractivity contribution is 5.85. The third-order valence-electron chi connectivity index (χ3n) is 6.89. The molecule has 2 aromatic carbocycles. The third kappa shape index (κ3) is 4.74. The van der Waals surface area contributed by atoms with Crippen LogP contribution >= 0.6 is 0 Å². The fourth-order valence-corrected chi connectivity index (χ4v) is 4.60. The molecule has 0 aliphatic rings. The van der Waals surface area contributed by atoms with Crippen LogP contribution in [0.3, 0.4) is 0 Å². The van der Waals surface area contributed by atoms with Crippen LogP contribution in [0.25, 0.3) is 16.7 Å². The van der Waals surface area contributed by atoms with E-state index in [1.54, 1.807) is 0 Å². The summed E-state index contributed by atoms with van der Waals surface area (Å²) >= 11 is 0. The highest BCUT2D eigenvalue weighted by atomic mass is 16.1. The number of pyridine rings is 1. The summed E-state index contributed by atoms with van der Waals surface area (Å²) in [7, 11) is 0. The zero-order valence-corrected chi connectivity index (χ0v) is 21.1. The molecule has 4 rings (SSSR count). The Morgan fingerprint density at radius 1 is 0.971 bits per heavy atom. The molecule has 34 heavy (non-hydrogen) atoms. The van der Waals surface area contributed by atoms with Crippen molar-refractivity contribution in [2.24, 2.45) is 0 Å². The van der Waals surface area contributed by atoms with Gasteiger partial charge < -0.3 is 5.32 Å². The number of carbonyl (C=O) groups excluding carboxylic acids is 1. The standard InChI is InChI=1S/C29H34N4O/c1-18-12-13-25(16-19(18)2)33-29-28(23(6)32-33)21(4)26(22(5)31-29)14-15-27(34)30-17-20(3)24-10-8-7-9-11-24/h7-13,16,20H,14-15,17H2,1-6H3,(H,30,34)/t20-/m1/s1. The third-order valence-corrected chi connectivity index (χ3v) is 6.89. The lowest BCUT2D eigenvalue weighted by molar-refractivity contribution is -0.121. The maximum absolute atomic E-state index is 12.6. The summed E-state index contributed by atoms with van der Waals surface area (Å²) in [5.74, 6) is 0.356. The number of fused-ring (bicyclic) bond motifs is 1. The van der Waals surface area contributed by atoms with Crippen LogP contribution in [0, 0.1) is 34.6 Å². The van der Waals surface area contributed by atoms with Gasteiger partial charge in [-0.2, -0.15) is 5.10 Å². The molecule has 0 saturated carbocycles. The Kier molecular flexibility index (Phi) is 6.82. The van der Waals surface area contributed by atoms with E-state index >= 15 is 0 Å². The number of rotatable bonds is 7. The Hall–Kier alpha value is -3.47. The molecule has 176 valence electrons. The first-order chi connectivity index (χ1) is 16.3. The summed E-state index contributed by atoms with van der Waals surface area (Å²) in [5.41, 5.74) is 9.85. The van der Waals surface area contributed by atoms with Gasteiger partial charge in [0.05, 0.1) is 11.4 Å². The van der Waals surface area contributed by atoms with Crippen molar-refractivity contribution in [2.45, 2.75) is 60.3 Å². The minimum absolute atomic E-state index is 0.0734. The molecule has 1 amide bonds. The molecular formula is C29H34N4O. The number of amides is 1. The highest BCUT2D eigenvalue weighted by Crippen LogP contribution is 2.28. The van der Waals surface area contributed by atoms with Crippen LogP contribution < -0.4 is 5.32 Å². The molecule has 4 aromatic rings. The second kappa shape index (κ2) is 9.80. The van der Waals surface area contributed by atoms with E-state index in [-0.39, 0.29) is 11.8 Å². The van der Waals surface area contributed by atoms with Gasteiger partial charge in [-0.05, 0) is 86.9 Å². The van der Waals surface area contributed by atoms with Gasteiger partial charge in [0.1, 0.15) is 0 Å². The molecule has 0 saturated heterocycles. The number of benzene rings is 2. The van der Waals surface area contributed by atoms with Crippen molar-refractivity contribution in [3.8, 4) is 5.69 Å². The monoisotopic (exact) mass is 454 g/mol. The number of aryl methyl sites for hydroxylation is 5. The van der Waals surface area contributed by atoms with E-state index < -0.39 is 0 Å². The fraction of sp³-hybridized carbons (Fsp3) is 0.345. The maximum Gasteiger partial charge on any atom is 0.220 e. The largest absolute Gasteiger partial charge is 0.355 e. The molecule has 1 atom stereocenters.